The molecule has 7 heteroatoms. The molecule has 5 nitrogen and oxygen atoms in total. The van der Waals surface area contributed by atoms with Crippen molar-refractivity contribution in [3.8, 4) is 0 Å². The van der Waals surface area contributed by atoms with Crippen LogP contribution in [0.25, 0.3) is 0 Å². The highest BCUT2D eigenvalue weighted by molar-refractivity contribution is 9.10. The molecule has 1 saturated heterocycles. The normalized spacial score (nSPS) is 17.4. The van der Waals surface area contributed by atoms with Crippen LogP contribution in [-0.4, -0.2) is 33.7 Å². The Morgan fingerprint density at radius 3 is 2.34 bits per heavy atom. The molecule has 1 heterocycles. The molecule has 1 fully saturated rings. The Morgan fingerprint density at radius 1 is 1.00 bits per heavy atom. The molecule has 0 aromatic heterocycles. The van der Waals surface area contributed by atoms with Gasteiger partial charge in [-0.15, -0.1) is 0 Å². The van der Waals surface area contributed by atoms with Crippen molar-refractivity contribution in [1.29, 1.82) is 0 Å². The third-order valence-electron chi connectivity index (χ3n) is 4.99. The Balaban J connectivity index is 1.53. The summed E-state index contributed by atoms with van der Waals surface area (Å²) in [4.78, 5) is 32.4. The number of aliphatic imine (C=N–C) groups is 1. The number of halogens is 1. The van der Waals surface area contributed by atoms with E-state index in [1.807, 2.05) is 84.9 Å². The molecule has 0 bridgehead atoms. The molecule has 4 rings (SSSR count). The van der Waals surface area contributed by atoms with Gasteiger partial charge in [-0.2, -0.15) is 0 Å². The highest BCUT2D eigenvalue weighted by atomic mass is 79.9. The number of amides is 2. The average Bonchev–Trinajstić information content (AvgIpc) is 2.81. The zero-order valence-electron chi connectivity index (χ0n) is 17.3. The van der Waals surface area contributed by atoms with E-state index in [-0.39, 0.29) is 18.2 Å². The summed E-state index contributed by atoms with van der Waals surface area (Å²) in [6, 6.07) is 26.9. The van der Waals surface area contributed by atoms with E-state index in [9.17, 15) is 9.59 Å². The van der Waals surface area contributed by atoms with E-state index in [0.29, 0.717) is 17.4 Å². The van der Waals surface area contributed by atoms with Crippen molar-refractivity contribution in [3.63, 3.8) is 0 Å². The standard InChI is InChI=1S/C25H22BrN3O2S/c26-19-11-13-21(14-12-19)27-24(31)22-17-23(30)29(16-15-18-7-3-1-4-8-18)25(32-22)28-20-9-5-2-6-10-20/h1-14,22H,15-17H2,(H,27,31). The summed E-state index contributed by atoms with van der Waals surface area (Å²) in [6.07, 6.45) is 0.854. The van der Waals surface area contributed by atoms with Gasteiger partial charge in [-0.05, 0) is 48.4 Å². The van der Waals surface area contributed by atoms with Gasteiger partial charge in [0.1, 0.15) is 5.25 Å². The van der Waals surface area contributed by atoms with E-state index in [1.54, 1.807) is 4.90 Å². The topological polar surface area (TPSA) is 61.8 Å². The monoisotopic (exact) mass is 507 g/mol. The first-order valence-electron chi connectivity index (χ1n) is 10.3. The fraction of sp³-hybridized carbons (Fsp3) is 0.160. The van der Waals surface area contributed by atoms with Crippen molar-refractivity contribution in [2.45, 2.75) is 18.1 Å². The molecule has 0 saturated carbocycles. The minimum atomic E-state index is -0.540. The Hall–Kier alpha value is -2.90. The number of anilines is 1. The number of para-hydroxylation sites is 1. The third-order valence-corrected chi connectivity index (χ3v) is 6.71. The summed E-state index contributed by atoms with van der Waals surface area (Å²) in [5.74, 6) is -0.292. The van der Waals surface area contributed by atoms with E-state index >= 15 is 0 Å². The first kappa shape index (κ1) is 22.3. The molecule has 1 unspecified atom stereocenters. The van der Waals surface area contributed by atoms with Crippen molar-refractivity contribution in [2.24, 2.45) is 4.99 Å². The second-order valence-electron chi connectivity index (χ2n) is 7.32. The number of nitrogens with one attached hydrogen (secondary N) is 1. The number of hydrogen-bond donors (Lipinski definition) is 1. The van der Waals surface area contributed by atoms with E-state index in [4.69, 9.17) is 4.99 Å². The van der Waals surface area contributed by atoms with E-state index < -0.39 is 5.25 Å². The molecule has 162 valence electrons. The third kappa shape index (κ3) is 5.87. The fourth-order valence-electron chi connectivity index (χ4n) is 3.32. The average molecular weight is 508 g/mol. The molecule has 2 amide bonds. The van der Waals surface area contributed by atoms with Gasteiger partial charge in [-0.1, -0.05) is 76.2 Å². The van der Waals surface area contributed by atoms with Crippen LogP contribution in [0, 0.1) is 0 Å². The molecule has 0 aliphatic carbocycles. The Kier molecular flexibility index (Phi) is 7.39. The second-order valence-corrected chi connectivity index (χ2v) is 9.40. The van der Waals surface area contributed by atoms with Gasteiger partial charge in [0.15, 0.2) is 5.17 Å². The minimum Gasteiger partial charge on any atom is -0.325 e. The number of amidine groups is 1. The van der Waals surface area contributed by atoms with Crippen LogP contribution in [0.2, 0.25) is 0 Å². The highest BCUT2D eigenvalue weighted by Crippen LogP contribution is 2.30. The van der Waals surface area contributed by atoms with Crippen LogP contribution >= 0.6 is 27.7 Å². The molecular weight excluding hydrogens is 486 g/mol. The molecular formula is C25H22BrN3O2S. The molecule has 1 N–H and O–H groups in total. The second kappa shape index (κ2) is 10.6. The number of carbonyl (C=O) groups is 2. The van der Waals surface area contributed by atoms with Gasteiger partial charge in [0.25, 0.3) is 0 Å². The predicted molar refractivity (Wildman–Crippen MR) is 134 cm³/mol. The van der Waals surface area contributed by atoms with Crippen molar-refractivity contribution in [2.75, 3.05) is 11.9 Å². The first-order valence-corrected chi connectivity index (χ1v) is 12.0. The number of hydrogen-bond acceptors (Lipinski definition) is 4. The number of thioether (sulfide) groups is 1. The first-order chi connectivity index (χ1) is 15.6. The van der Waals surface area contributed by atoms with Gasteiger partial charge in [-0.25, -0.2) is 4.99 Å². The van der Waals surface area contributed by atoms with Crippen LogP contribution < -0.4 is 5.32 Å². The van der Waals surface area contributed by atoms with Crippen LogP contribution in [0.5, 0.6) is 0 Å². The smallest absolute Gasteiger partial charge is 0.238 e. The van der Waals surface area contributed by atoms with Crippen molar-refractivity contribution >= 4 is 56.0 Å². The summed E-state index contributed by atoms with van der Waals surface area (Å²) in [5.41, 5.74) is 2.60. The molecule has 32 heavy (non-hydrogen) atoms. The molecule has 1 aliphatic rings. The highest BCUT2D eigenvalue weighted by Gasteiger charge is 2.35. The van der Waals surface area contributed by atoms with Gasteiger partial charge in [0, 0.05) is 23.1 Å². The predicted octanol–water partition coefficient (Wildman–Crippen LogP) is 5.65. The summed E-state index contributed by atoms with van der Waals surface area (Å²) in [5, 5.41) is 2.92. The maximum absolute atomic E-state index is 13.1. The molecule has 1 atom stereocenters. The van der Waals surface area contributed by atoms with E-state index in [1.165, 1.54) is 11.8 Å². The summed E-state index contributed by atoms with van der Waals surface area (Å²) in [7, 11) is 0. The molecule has 3 aromatic rings. The minimum absolute atomic E-state index is 0.0923. The van der Waals surface area contributed by atoms with Crippen LogP contribution in [0.15, 0.2) is 94.4 Å². The number of rotatable bonds is 6. The number of benzene rings is 3. The van der Waals surface area contributed by atoms with E-state index in [2.05, 4.69) is 21.2 Å². The number of carbonyl (C=O) groups excluding carboxylic acids is 2. The quantitative estimate of drug-likeness (QED) is 0.468. The molecule has 3 aromatic carbocycles. The summed E-state index contributed by atoms with van der Waals surface area (Å²) >= 11 is 4.73. The Bertz CT molecular complexity index is 1110. The van der Waals surface area contributed by atoms with Crippen LogP contribution in [-0.2, 0) is 16.0 Å². The van der Waals surface area contributed by atoms with Crippen LogP contribution in [0.1, 0.15) is 12.0 Å². The van der Waals surface area contributed by atoms with Crippen molar-refractivity contribution in [3.05, 3.63) is 95.0 Å². The molecule has 0 spiro atoms. The Morgan fingerprint density at radius 2 is 1.66 bits per heavy atom. The SMILES string of the molecule is O=C(Nc1ccc(Br)cc1)C1CC(=O)N(CCc2ccccc2)C(=Nc2ccccc2)S1. The van der Waals surface area contributed by atoms with Gasteiger partial charge < -0.3 is 5.32 Å². The lowest BCUT2D eigenvalue weighted by Crippen LogP contribution is -2.46. The lowest BCUT2D eigenvalue weighted by atomic mass is 10.1. The maximum Gasteiger partial charge on any atom is 0.238 e. The van der Waals surface area contributed by atoms with Gasteiger partial charge in [0.05, 0.1) is 5.69 Å². The lowest BCUT2D eigenvalue weighted by Gasteiger charge is -2.32. The summed E-state index contributed by atoms with van der Waals surface area (Å²) < 4.78 is 0.934. The lowest BCUT2D eigenvalue weighted by molar-refractivity contribution is -0.129. The van der Waals surface area contributed by atoms with Crippen LogP contribution in [0.4, 0.5) is 11.4 Å². The zero-order chi connectivity index (χ0) is 22.3. The molecule has 0 radical (unpaired) electrons. The largest absolute Gasteiger partial charge is 0.325 e. The number of nitrogens with zero attached hydrogens (tertiary/aromatic N) is 2. The summed E-state index contributed by atoms with van der Waals surface area (Å²) in [6.45, 7) is 0.516. The fourth-order valence-corrected chi connectivity index (χ4v) is 4.70. The van der Waals surface area contributed by atoms with Crippen LogP contribution in [0.3, 0.4) is 0 Å². The van der Waals surface area contributed by atoms with Gasteiger partial charge in [0.2, 0.25) is 11.8 Å². The van der Waals surface area contributed by atoms with Gasteiger partial charge >= 0.3 is 0 Å². The van der Waals surface area contributed by atoms with E-state index in [0.717, 1.165) is 22.1 Å². The zero-order valence-corrected chi connectivity index (χ0v) is 19.7. The Labute approximate surface area is 200 Å². The van der Waals surface area contributed by atoms with Crippen molar-refractivity contribution in [1.82, 2.24) is 4.90 Å². The maximum atomic E-state index is 13.1. The molecule has 1 aliphatic heterocycles. The van der Waals surface area contributed by atoms with Crippen molar-refractivity contribution < 1.29 is 9.59 Å². The van der Waals surface area contributed by atoms with Gasteiger partial charge in [-0.3, -0.25) is 14.5 Å².